The third kappa shape index (κ3) is 3.54. The summed E-state index contributed by atoms with van der Waals surface area (Å²) in [4.78, 5) is 10.9. The predicted molar refractivity (Wildman–Crippen MR) is 71.9 cm³/mol. The number of carboxylic acids is 1. The van der Waals surface area contributed by atoms with Crippen LogP contribution in [0, 0.1) is 0 Å². The molecule has 1 aromatic carbocycles. The van der Waals surface area contributed by atoms with E-state index in [1.807, 2.05) is 13.0 Å². The lowest BCUT2D eigenvalue weighted by Crippen LogP contribution is -2.42. The maximum atomic E-state index is 11.5. The Balaban J connectivity index is 2.03. The summed E-state index contributed by atoms with van der Waals surface area (Å²) in [5.74, 6) is -0.610. The van der Waals surface area contributed by atoms with Crippen molar-refractivity contribution in [3.8, 4) is 0 Å². The number of rotatable bonds is 4. The van der Waals surface area contributed by atoms with Crippen LogP contribution in [-0.2, 0) is 16.4 Å². The van der Waals surface area contributed by atoms with Crippen LogP contribution < -0.4 is 5.32 Å². The molecule has 19 heavy (non-hydrogen) atoms. The van der Waals surface area contributed by atoms with Gasteiger partial charge in [0.05, 0.1) is 17.1 Å². The standard InChI is InChI=1S/C13H17NO4S/c1-13(5-6-19(17,18)9-13)14-8-10-3-2-4-11(7-10)12(15)16/h2-4,7,14H,5-6,8-9H2,1H3,(H,15,16). The Labute approximate surface area is 112 Å². The highest BCUT2D eigenvalue weighted by Crippen LogP contribution is 2.23. The Hall–Kier alpha value is -1.40. The number of hydrogen-bond acceptors (Lipinski definition) is 4. The Morgan fingerprint density at radius 1 is 1.47 bits per heavy atom. The van der Waals surface area contributed by atoms with Crippen LogP contribution in [0.15, 0.2) is 24.3 Å². The molecule has 2 N–H and O–H groups in total. The van der Waals surface area contributed by atoms with E-state index in [2.05, 4.69) is 5.32 Å². The summed E-state index contributed by atoms with van der Waals surface area (Å²) in [6.07, 6.45) is 0.591. The quantitative estimate of drug-likeness (QED) is 0.863. The maximum absolute atomic E-state index is 11.5. The largest absolute Gasteiger partial charge is 0.478 e. The number of benzene rings is 1. The molecule has 0 radical (unpaired) electrons. The van der Waals surface area contributed by atoms with Crippen molar-refractivity contribution in [3.05, 3.63) is 35.4 Å². The first-order valence-electron chi connectivity index (χ1n) is 6.07. The van der Waals surface area contributed by atoms with Gasteiger partial charge in [-0.3, -0.25) is 0 Å². The zero-order valence-corrected chi connectivity index (χ0v) is 11.5. The highest BCUT2D eigenvalue weighted by molar-refractivity contribution is 7.91. The molecule has 2 rings (SSSR count). The van der Waals surface area contributed by atoms with Crippen LogP contribution in [0.25, 0.3) is 0 Å². The minimum Gasteiger partial charge on any atom is -0.478 e. The first-order valence-corrected chi connectivity index (χ1v) is 7.90. The van der Waals surface area contributed by atoms with Crippen molar-refractivity contribution in [1.82, 2.24) is 5.32 Å². The third-order valence-electron chi connectivity index (χ3n) is 3.40. The summed E-state index contributed by atoms with van der Waals surface area (Å²) in [5.41, 5.74) is 0.659. The van der Waals surface area contributed by atoms with Gasteiger partial charge in [-0.25, -0.2) is 13.2 Å². The van der Waals surface area contributed by atoms with Gasteiger partial charge < -0.3 is 10.4 Å². The van der Waals surface area contributed by atoms with Crippen molar-refractivity contribution in [1.29, 1.82) is 0 Å². The van der Waals surface area contributed by atoms with Crippen LogP contribution in [0.2, 0.25) is 0 Å². The summed E-state index contributed by atoms with van der Waals surface area (Å²) >= 11 is 0. The summed E-state index contributed by atoms with van der Waals surface area (Å²) in [6, 6.07) is 6.65. The molecule has 1 aliphatic rings. The van der Waals surface area contributed by atoms with Crippen LogP contribution in [0.5, 0.6) is 0 Å². The van der Waals surface area contributed by atoms with Crippen LogP contribution in [-0.4, -0.2) is 36.5 Å². The number of sulfone groups is 1. The van der Waals surface area contributed by atoms with Crippen molar-refractivity contribution in [2.75, 3.05) is 11.5 Å². The van der Waals surface area contributed by atoms with E-state index < -0.39 is 21.3 Å². The van der Waals surface area contributed by atoms with Crippen LogP contribution in [0.4, 0.5) is 0 Å². The van der Waals surface area contributed by atoms with Crippen molar-refractivity contribution < 1.29 is 18.3 Å². The Bertz CT molecular complexity index is 596. The minimum atomic E-state index is -2.94. The number of carbonyl (C=O) groups is 1. The number of carboxylic acid groups (broad SMARTS) is 1. The Kier molecular flexibility index (Phi) is 3.64. The van der Waals surface area contributed by atoms with Gasteiger partial charge in [0.1, 0.15) is 0 Å². The number of aromatic carboxylic acids is 1. The average molecular weight is 283 g/mol. The maximum Gasteiger partial charge on any atom is 0.335 e. The second-order valence-electron chi connectivity index (χ2n) is 5.26. The first-order chi connectivity index (χ1) is 8.80. The molecule has 0 bridgehead atoms. The summed E-state index contributed by atoms with van der Waals surface area (Å²) in [6.45, 7) is 2.35. The molecular weight excluding hydrogens is 266 g/mol. The summed E-state index contributed by atoms with van der Waals surface area (Å²) in [5, 5.41) is 12.1. The van der Waals surface area contributed by atoms with Gasteiger partial charge in [0.25, 0.3) is 0 Å². The van der Waals surface area contributed by atoms with E-state index in [1.54, 1.807) is 12.1 Å². The fraction of sp³-hybridized carbons (Fsp3) is 0.462. The van der Waals surface area contributed by atoms with Gasteiger partial charge in [-0.1, -0.05) is 12.1 Å². The van der Waals surface area contributed by atoms with Gasteiger partial charge in [0.2, 0.25) is 0 Å². The molecular formula is C13H17NO4S. The molecule has 0 saturated carbocycles. The number of hydrogen-bond donors (Lipinski definition) is 2. The van der Waals surface area contributed by atoms with Gasteiger partial charge in [-0.05, 0) is 31.0 Å². The van der Waals surface area contributed by atoms with Gasteiger partial charge in [-0.2, -0.15) is 0 Å². The van der Waals surface area contributed by atoms with Crippen molar-refractivity contribution in [2.45, 2.75) is 25.4 Å². The van der Waals surface area contributed by atoms with E-state index in [9.17, 15) is 13.2 Å². The smallest absolute Gasteiger partial charge is 0.335 e. The van der Waals surface area contributed by atoms with Gasteiger partial charge in [0.15, 0.2) is 9.84 Å². The molecule has 1 saturated heterocycles. The van der Waals surface area contributed by atoms with Crippen molar-refractivity contribution in [3.63, 3.8) is 0 Å². The first kappa shape index (κ1) is 14.0. The molecule has 0 spiro atoms. The highest BCUT2D eigenvalue weighted by atomic mass is 32.2. The van der Waals surface area contributed by atoms with E-state index >= 15 is 0 Å². The molecule has 1 atom stereocenters. The Morgan fingerprint density at radius 3 is 2.79 bits per heavy atom. The minimum absolute atomic E-state index is 0.138. The molecule has 1 unspecified atom stereocenters. The molecule has 1 heterocycles. The Morgan fingerprint density at radius 2 is 2.21 bits per heavy atom. The van der Waals surface area contributed by atoms with E-state index in [1.165, 1.54) is 6.07 Å². The lowest BCUT2D eigenvalue weighted by Gasteiger charge is -2.24. The normalized spacial score (nSPS) is 25.3. The monoisotopic (exact) mass is 283 g/mol. The third-order valence-corrected chi connectivity index (χ3v) is 5.30. The van der Waals surface area contributed by atoms with E-state index in [0.29, 0.717) is 13.0 Å². The topological polar surface area (TPSA) is 83.5 Å². The molecule has 6 heteroatoms. The molecule has 1 fully saturated rings. The summed E-state index contributed by atoms with van der Waals surface area (Å²) < 4.78 is 23.0. The second kappa shape index (κ2) is 4.94. The fourth-order valence-electron chi connectivity index (χ4n) is 2.28. The van der Waals surface area contributed by atoms with Crippen LogP contribution in [0.1, 0.15) is 29.3 Å². The van der Waals surface area contributed by atoms with E-state index in [4.69, 9.17) is 5.11 Å². The van der Waals surface area contributed by atoms with Crippen molar-refractivity contribution >= 4 is 15.8 Å². The molecule has 104 valence electrons. The lowest BCUT2D eigenvalue weighted by molar-refractivity contribution is 0.0696. The molecule has 5 nitrogen and oxygen atoms in total. The highest BCUT2D eigenvalue weighted by Gasteiger charge is 2.37. The van der Waals surface area contributed by atoms with Gasteiger partial charge >= 0.3 is 5.97 Å². The van der Waals surface area contributed by atoms with Crippen LogP contribution in [0.3, 0.4) is 0 Å². The molecule has 0 aromatic heterocycles. The predicted octanol–water partition coefficient (Wildman–Crippen LogP) is 1.05. The molecule has 1 aliphatic heterocycles. The molecule has 1 aromatic rings. The zero-order chi connectivity index (χ0) is 14.1. The average Bonchev–Trinajstić information content (AvgIpc) is 2.62. The number of nitrogens with one attached hydrogen (secondary N) is 1. The van der Waals surface area contributed by atoms with Crippen molar-refractivity contribution in [2.24, 2.45) is 0 Å². The van der Waals surface area contributed by atoms with Gasteiger partial charge in [-0.15, -0.1) is 0 Å². The molecule has 0 amide bonds. The SMILES string of the molecule is CC1(NCc2cccc(C(=O)O)c2)CCS(=O)(=O)C1. The van der Waals surface area contributed by atoms with E-state index in [0.717, 1.165) is 5.56 Å². The zero-order valence-electron chi connectivity index (χ0n) is 10.7. The van der Waals surface area contributed by atoms with Gasteiger partial charge in [0, 0.05) is 12.1 Å². The molecule has 0 aliphatic carbocycles. The summed E-state index contributed by atoms with van der Waals surface area (Å²) in [7, 11) is -2.94. The van der Waals surface area contributed by atoms with E-state index in [-0.39, 0.29) is 17.1 Å². The second-order valence-corrected chi connectivity index (χ2v) is 7.45. The fourth-order valence-corrected chi connectivity index (χ4v) is 4.40. The lowest BCUT2D eigenvalue weighted by atomic mass is 10.0. The van der Waals surface area contributed by atoms with Crippen LogP contribution >= 0.6 is 0 Å².